The molecule has 3 heterocycles. The van der Waals surface area contributed by atoms with E-state index in [1.807, 2.05) is 0 Å². The molecule has 0 saturated carbocycles. The van der Waals surface area contributed by atoms with E-state index < -0.39 is 29.7 Å². The molecule has 0 radical (unpaired) electrons. The summed E-state index contributed by atoms with van der Waals surface area (Å²) >= 11 is 0. The molecule has 3 aliphatic rings. The van der Waals surface area contributed by atoms with Crippen molar-refractivity contribution in [3.63, 3.8) is 0 Å². The fourth-order valence-corrected chi connectivity index (χ4v) is 4.38. The Morgan fingerprint density at radius 3 is 2.58 bits per heavy atom. The molecule has 1 unspecified atom stereocenters. The zero-order valence-electron chi connectivity index (χ0n) is 18.1. The van der Waals surface area contributed by atoms with Crippen molar-refractivity contribution in [1.29, 1.82) is 0 Å². The van der Waals surface area contributed by atoms with Gasteiger partial charge in [-0.15, -0.1) is 12.4 Å². The van der Waals surface area contributed by atoms with Crippen molar-refractivity contribution in [2.24, 2.45) is 5.92 Å². The van der Waals surface area contributed by atoms with Crippen LogP contribution in [0.5, 0.6) is 5.75 Å². The molecule has 0 bridgehead atoms. The van der Waals surface area contributed by atoms with Crippen LogP contribution in [0, 0.1) is 5.92 Å². The van der Waals surface area contributed by atoms with Crippen molar-refractivity contribution in [2.75, 3.05) is 26.2 Å². The Morgan fingerprint density at radius 1 is 1.09 bits per heavy atom. The van der Waals surface area contributed by atoms with Gasteiger partial charge in [0.15, 0.2) is 6.61 Å². The van der Waals surface area contributed by atoms with Gasteiger partial charge in [-0.2, -0.15) is 0 Å². The Labute approximate surface area is 197 Å². The Hall–Kier alpha value is -2.98. The number of nitrogens with zero attached hydrogens (tertiary/aromatic N) is 1. The highest BCUT2D eigenvalue weighted by molar-refractivity contribution is 6.24. The molecule has 1 aromatic carbocycles. The molecule has 3 N–H and O–H groups in total. The normalized spacial score (nSPS) is 20.7. The number of rotatable bonds is 7. The van der Waals surface area contributed by atoms with Crippen molar-refractivity contribution in [2.45, 2.75) is 38.1 Å². The summed E-state index contributed by atoms with van der Waals surface area (Å²) in [5.41, 5.74) is 0.147. The smallest absolute Gasteiger partial charge is 0.266 e. The van der Waals surface area contributed by atoms with Crippen LogP contribution in [-0.4, -0.2) is 66.7 Å². The van der Waals surface area contributed by atoms with Gasteiger partial charge in [-0.1, -0.05) is 6.07 Å². The summed E-state index contributed by atoms with van der Waals surface area (Å²) in [6.45, 7) is 2.27. The molecule has 1 atom stereocenters. The summed E-state index contributed by atoms with van der Waals surface area (Å²) in [7, 11) is 0. The number of nitrogens with one attached hydrogen (secondary N) is 3. The lowest BCUT2D eigenvalue weighted by Crippen LogP contribution is -2.54. The Morgan fingerprint density at radius 2 is 1.85 bits per heavy atom. The van der Waals surface area contributed by atoms with Crippen LogP contribution in [0.1, 0.15) is 52.8 Å². The number of fused-ring (bicyclic) bond motifs is 1. The number of piperidine rings is 2. The van der Waals surface area contributed by atoms with E-state index in [1.165, 1.54) is 12.1 Å². The lowest BCUT2D eigenvalue weighted by atomic mass is 9.95. The first-order valence-electron chi connectivity index (χ1n) is 10.9. The van der Waals surface area contributed by atoms with E-state index in [9.17, 15) is 24.0 Å². The summed E-state index contributed by atoms with van der Waals surface area (Å²) in [4.78, 5) is 62.5. The number of benzene rings is 1. The largest absolute Gasteiger partial charge is 0.483 e. The molecule has 5 amide bonds. The lowest BCUT2D eigenvalue weighted by Gasteiger charge is -2.27. The molecule has 10 nitrogen and oxygen atoms in total. The average molecular weight is 479 g/mol. The summed E-state index contributed by atoms with van der Waals surface area (Å²) < 4.78 is 5.58. The second kappa shape index (κ2) is 10.8. The predicted molar refractivity (Wildman–Crippen MR) is 119 cm³/mol. The monoisotopic (exact) mass is 478 g/mol. The van der Waals surface area contributed by atoms with Crippen molar-refractivity contribution < 1.29 is 28.7 Å². The van der Waals surface area contributed by atoms with Crippen LogP contribution in [0.4, 0.5) is 0 Å². The molecule has 4 rings (SSSR count). The first kappa shape index (κ1) is 24.7. The van der Waals surface area contributed by atoms with E-state index in [2.05, 4.69) is 16.0 Å². The van der Waals surface area contributed by atoms with Crippen LogP contribution >= 0.6 is 12.4 Å². The minimum atomic E-state index is -1.05. The van der Waals surface area contributed by atoms with E-state index in [0.717, 1.165) is 37.3 Å². The highest BCUT2D eigenvalue weighted by Gasteiger charge is 2.46. The number of ether oxygens (including phenoxy) is 1. The van der Waals surface area contributed by atoms with Crippen molar-refractivity contribution in [3.05, 3.63) is 29.3 Å². The van der Waals surface area contributed by atoms with Gasteiger partial charge in [0.25, 0.3) is 17.7 Å². The van der Waals surface area contributed by atoms with Gasteiger partial charge in [-0.05, 0) is 56.8 Å². The van der Waals surface area contributed by atoms with Crippen LogP contribution in [0.3, 0.4) is 0 Å². The second-order valence-electron chi connectivity index (χ2n) is 8.25. The van der Waals surface area contributed by atoms with E-state index in [1.54, 1.807) is 6.07 Å². The summed E-state index contributed by atoms with van der Waals surface area (Å²) in [6.07, 6.45) is 3.23. The van der Waals surface area contributed by atoms with Gasteiger partial charge in [-0.3, -0.25) is 34.2 Å². The Kier molecular flexibility index (Phi) is 8.04. The van der Waals surface area contributed by atoms with Crippen molar-refractivity contribution >= 4 is 41.9 Å². The van der Waals surface area contributed by atoms with Crippen LogP contribution < -0.4 is 20.7 Å². The van der Waals surface area contributed by atoms with Gasteiger partial charge in [0.1, 0.15) is 11.8 Å². The van der Waals surface area contributed by atoms with Gasteiger partial charge in [0, 0.05) is 13.0 Å². The van der Waals surface area contributed by atoms with Crippen LogP contribution in [0.15, 0.2) is 18.2 Å². The van der Waals surface area contributed by atoms with Crippen LogP contribution in [0.25, 0.3) is 0 Å². The third-order valence-corrected chi connectivity index (χ3v) is 6.12. The topological polar surface area (TPSA) is 134 Å². The number of amides is 5. The highest BCUT2D eigenvalue weighted by Crippen LogP contribution is 2.33. The molecule has 178 valence electrons. The maximum absolute atomic E-state index is 13.0. The van der Waals surface area contributed by atoms with Crippen molar-refractivity contribution in [1.82, 2.24) is 20.9 Å². The molecular formula is C22H27ClN4O6. The lowest BCUT2D eigenvalue weighted by molar-refractivity contribution is -0.136. The van der Waals surface area contributed by atoms with Gasteiger partial charge in [0.2, 0.25) is 11.8 Å². The maximum atomic E-state index is 13.0. The van der Waals surface area contributed by atoms with E-state index in [0.29, 0.717) is 12.5 Å². The van der Waals surface area contributed by atoms with E-state index in [4.69, 9.17) is 4.74 Å². The fourth-order valence-electron chi connectivity index (χ4n) is 4.38. The first-order valence-corrected chi connectivity index (χ1v) is 10.9. The number of hydrogen-bond acceptors (Lipinski definition) is 7. The van der Waals surface area contributed by atoms with E-state index in [-0.39, 0.29) is 54.6 Å². The Bertz CT molecular complexity index is 962. The molecule has 2 saturated heterocycles. The molecule has 3 aliphatic heterocycles. The first-order chi connectivity index (χ1) is 15.5. The SMILES string of the molecule is Cl.O=C(COc1cccc2c1C(=O)N(C1CCC(=O)NC1=O)C2=O)NCCC1CCNCC1. The quantitative estimate of drug-likeness (QED) is 0.483. The number of halogens is 1. The highest BCUT2D eigenvalue weighted by atomic mass is 35.5. The molecule has 2 fully saturated rings. The minimum absolute atomic E-state index is 0. The summed E-state index contributed by atoms with van der Waals surface area (Å²) in [5.74, 6) is -1.99. The molecule has 1 aromatic rings. The third kappa shape index (κ3) is 5.33. The number of carbonyl (C=O) groups excluding carboxylic acids is 5. The maximum Gasteiger partial charge on any atom is 0.266 e. The standard InChI is InChI=1S/C22H26N4O6.ClH/c27-17-5-4-15(20(29)25-17)26-21(30)14-2-1-3-16(19(14)22(26)31)32-12-18(28)24-11-8-13-6-9-23-10-7-13;/h1-3,13,15,23H,4-12H2,(H,24,28)(H,25,27,29);1H. The summed E-state index contributed by atoms with van der Waals surface area (Å²) in [6, 6.07) is 3.50. The average Bonchev–Trinajstić information content (AvgIpc) is 3.04. The molecule has 0 aromatic heterocycles. The minimum Gasteiger partial charge on any atom is -0.483 e. The fraction of sp³-hybridized carbons (Fsp3) is 0.500. The summed E-state index contributed by atoms with van der Waals surface area (Å²) in [5, 5.41) is 8.30. The van der Waals surface area contributed by atoms with Gasteiger partial charge in [0.05, 0.1) is 11.1 Å². The van der Waals surface area contributed by atoms with Gasteiger partial charge < -0.3 is 15.4 Å². The molecule has 0 aliphatic carbocycles. The van der Waals surface area contributed by atoms with Crippen LogP contribution in [0.2, 0.25) is 0 Å². The zero-order valence-corrected chi connectivity index (χ0v) is 18.9. The van der Waals surface area contributed by atoms with E-state index >= 15 is 0 Å². The van der Waals surface area contributed by atoms with Gasteiger partial charge >= 0.3 is 0 Å². The molecular weight excluding hydrogens is 452 g/mol. The number of imide groups is 2. The third-order valence-electron chi connectivity index (χ3n) is 6.12. The molecule has 0 spiro atoms. The second-order valence-corrected chi connectivity index (χ2v) is 8.25. The zero-order chi connectivity index (χ0) is 22.7. The van der Waals surface area contributed by atoms with Crippen molar-refractivity contribution in [3.8, 4) is 5.75 Å². The predicted octanol–water partition coefficient (Wildman–Crippen LogP) is 0.394. The molecule has 33 heavy (non-hydrogen) atoms. The Balaban J connectivity index is 0.00000306. The van der Waals surface area contributed by atoms with Gasteiger partial charge in [-0.25, -0.2) is 0 Å². The van der Waals surface area contributed by atoms with Crippen LogP contribution in [-0.2, 0) is 14.4 Å². The number of carbonyl (C=O) groups is 5. The number of hydrogen-bond donors (Lipinski definition) is 3. The molecule has 11 heteroatoms.